The molecular formula is C14H15N5O3S. The molecular weight excluding hydrogens is 318 g/mol. The molecule has 0 spiro atoms. The number of hydrogen-bond acceptors (Lipinski definition) is 6. The highest BCUT2D eigenvalue weighted by atomic mass is 32.1. The molecule has 0 unspecified atom stereocenters. The van der Waals surface area contributed by atoms with Gasteiger partial charge >= 0.3 is 6.03 Å². The lowest BCUT2D eigenvalue weighted by molar-refractivity contribution is -0.140. The van der Waals surface area contributed by atoms with Crippen molar-refractivity contribution in [1.82, 2.24) is 20.4 Å². The molecule has 2 bridgehead atoms. The Kier molecular flexibility index (Phi) is 3.19. The second-order valence-corrected chi connectivity index (χ2v) is 7.20. The number of nitrogens with zero attached hydrogens (tertiary/aromatic N) is 3. The highest BCUT2D eigenvalue weighted by Crippen LogP contribution is 2.52. The number of likely N-dealkylation sites (tertiary alicyclic amines) is 1. The minimum absolute atomic E-state index is 0.117. The summed E-state index contributed by atoms with van der Waals surface area (Å²) in [4.78, 5) is 37.9. The molecule has 1 aliphatic heterocycles. The van der Waals surface area contributed by atoms with E-state index in [0.717, 1.165) is 16.3 Å². The molecule has 4 rings (SSSR count). The number of rotatable bonds is 3. The first kappa shape index (κ1) is 14.3. The molecule has 1 saturated heterocycles. The van der Waals surface area contributed by atoms with Crippen molar-refractivity contribution in [3.63, 3.8) is 0 Å². The molecule has 2 N–H and O–H groups in total. The monoisotopic (exact) mass is 333 g/mol. The normalized spacial score (nSPS) is 30.9. The Morgan fingerprint density at radius 2 is 1.91 bits per heavy atom. The quantitative estimate of drug-likeness (QED) is 0.627. The summed E-state index contributed by atoms with van der Waals surface area (Å²) in [5, 5.41) is 13.8. The summed E-state index contributed by atoms with van der Waals surface area (Å²) >= 11 is 1.25. The highest BCUT2D eigenvalue weighted by Gasteiger charge is 2.59. The van der Waals surface area contributed by atoms with Crippen LogP contribution in [0.1, 0.15) is 11.4 Å². The van der Waals surface area contributed by atoms with Crippen molar-refractivity contribution < 1.29 is 14.4 Å². The molecule has 120 valence electrons. The summed E-state index contributed by atoms with van der Waals surface area (Å²) in [6, 6.07) is -0.514. The minimum atomic E-state index is -0.514. The number of aryl methyl sites for hydroxylation is 1. The molecule has 2 aliphatic carbocycles. The van der Waals surface area contributed by atoms with E-state index in [9.17, 15) is 14.4 Å². The molecule has 0 aromatic carbocycles. The van der Waals surface area contributed by atoms with Crippen LogP contribution in [-0.2, 0) is 9.59 Å². The lowest BCUT2D eigenvalue weighted by Gasteiger charge is -2.17. The number of aromatic nitrogens is 2. The zero-order valence-electron chi connectivity index (χ0n) is 12.4. The van der Waals surface area contributed by atoms with Gasteiger partial charge in [-0.25, -0.2) is 4.79 Å². The summed E-state index contributed by atoms with van der Waals surface area (Å²) < 4.78 is 0. The summed E-state index contributed by atoms with van der Waals surface area (Å²) in [6.45, 7) is 1.66. The van der Waals surface area contributed by atoms with Crippen LogP contribution in [0.15, 0.2) is 12.2 Å². The van der Waals surface area contributed by atoms with Crippen molar-refractivity contribution in [3.8, 4) is 0 Å². The van der Waals surface area contributed by atoms with Crippen LogP contribution in [0, 0.1) is 30.6 Å². The van der Waals surface area contributed by atoms with Gasteiger partial charge in [-0.2, -0.15) is 0 Å². The van der Waals surface area contributed by atoms with Crippen molar-refractivity contribution in [2.45, 2.75) is 13.3 Å². The van der Waals surface area contributed by atoms with E-state index in [2.05, 4.69) is 20.8 Å². The van der Waals surface area contributed by atoms with E-state index in [1.165, 1.54) is 11.3 Å². The number of fused-ring (bicyclic) bond motifs is 5. The van der Waals surface area contributed by atoms with Gasteiger partial charge in [0.25, 0.3) is 0 Å². The van der Waals surface area contributed by atoms with E-state index >= 15 is 0 Å². The smallest absolute Gasteiger partial charge is 0.320 e. The fourth-order valence-electron chi connectivity index (χ4n) is 3.76. The van der Waals surface area contributed by atoms with Crippen molar-refractivity contribution in [1.29, 1.82) is 0 Å². The first-order valence-corrected chi connectivity index (χ1v) is 8.25. The van der Waals surface area contributed by atoms with Gasteiger partial charge in [-0.05, 0) is 25.2 Å². The van der Waals surface area contributed by atoms with Gasteiger partial charge < -0.3 is 5.32 Å². The van der Waals surface area contributed by atoms with Gasteiger partial charge in [0.05, 0.1) is 11.8 Å². The molecule has 1 saturated carbocycles. The average Bonchev–Trinajstić information content (AvgIpc) is 3.25. The number of carbonyl (C=O) groups excluding carboxylic acids is 3. The highest BCUT2D eigenvalue weighted by molar-refractivity contribution is 7.15. The molecule has 8 nitrogen and oxygen atoms in total. The lowest BCUT2D eigenvalue weighted by Crippen LogP contribution is -2.43. The van der Waals surface area contributed by atoms with E-state index in [1.54, 1.807) is 6.92 Å². The predicted molar refractivity (Wildman–Crippen MR) is 81.2 cm³/mol. The molecule has 2 fully saturated rings. The second-order valence-electron chi connectivity index (χ2n) is 6.02. The third-order valence-electron chi connectivity index (χ3n) is 4.71. The van der Waals surface area contributed by atoms with Crippen molar-refractivity contribution >= 4 is 34.3 Å². The fraction of sp³-hybridized carbons (Fsp3) is 0.500. The molecule has 2 heterocycles. The SMILES string of the molecule is Cc1nnc(NC(=O)NCN2C(=O)[C@@H]3[C@@H](C2=O)[C@H]2C=C[C@H]3C2)s1. The number of allylic oxidation sites excluding steroid dienone is 2. The van der Waals surface area contributed by atoms with Crippen LogP contribution in [-0.4, -0.2) is 39.6 Å². The van der Waals surface area contributed by atoms with Crippen LogP contribution in [0.3, 0.4) is 0 Å². The molecule has 9 heteroatoms. The standard InChI is InChI=1S/C14H15N5O3S/c1-6-17-18-14(23-6)16-13(22)15-5-19-11(20)9-7-2-3-8(4-7)10(9)12(19)21/h2-3,7-10H,4-5H2,1H3,(H2,15,16,18,22)/t7-,8-,9-,10-/m0/s1. The maximum Gasteiger partial charge on any atom is 0.322 e. The largest absolute Gasteiger partial charge is 0.322 e. The number of hydrogen-bond donors (Lipinski definition) is 2. The Morgan fingerprint density at radius 1 is 1.26 bits per heavy atom. The lowest BCUT2D eigenvalue weighted by atomic mass is 9.85. The van der Waals surface area contributed by atoms with Crippen LogP contribution in [0.5, 0.6) is 0 Å². The Hall–Kier alpha value is -2.29. The first-order chi connectivity index (χ1) is 11.0. The zero-order valence-corrected chi connectivity index (χ0v) is 13.2. The Morgan fingerprint density at radius 3 is 2.48 bits per heavy atom. The molecule has 4 amide bonds. The fourth-order valence-corrected chi connectivity index (χ4v) is 4.35. The van der Waals surface area contributed by atoms with E-state index in [4.69, 9.17) is 0 Å². The second kappa shape index (κ2) is 5.12. The number of amides is 4. The maximum absolute atomic E-state index is 12.4. The van der Waals surface area contributed by atoms with Crippen LogP contribution in [0.2, 0.25) is 0 Å². The van der Waals surface area contributed by atoms with Gasteiger partial charge in [0.2, 0.25) is 16.9 Å². The zero-order chi connectivity index (χ0) is 16.1. The van der Waals surface area contributed by atoms with Gasteiger partial charge in [-0.15, -0.1) is 10.2 Å². The summed E-state index contributed by atoms with van der Waals surface area (Å²) in [5.41, 5.74) is 0. The molecule has 23 heavy (non-hydrogen) atoms. The van der Waals surface area contributed by atoms with Gasteiger partial charge in [0.15, 0.2) is 0 Å². The number of nitrogens with one attached hydrogen (secondary N) is 2. The van der Waals surface area contributed by atoms with Crippen molar-refractivity contribution in [2.24, 2.45) is 23.7 Å². The maximum atomic E-state index is 12.4. The van der Waals surface area contributed by atoms with Crippen molar-refractivity contribution in [3.05, 3.63) is 17.2 Å². The first-order valence-electron chi connectivity index (χ1n) is 7.43. The van der Waals surface area contributed by atoms with Crippen molar-refractivity contribution in [2.75, 3.05) is 12.0 Å². The predicted octanol–water partition coefficient (Wildman–Crippen LogP) is 0.733. The summed E-state index contributed by atoms with van der Waals surface area (Å²) in [6.07, 6.45) is 4.97. The molecule has 3 aliphatic rings. The Labute approximate surface area is 135 Å². The Balaban J connectivity index is 1.37. The third-order valence-corrected chi connectivity index (χ3v) is 5.46. The molecule has 1 aromatic rings. The molecule has 0 radical (unpaired) electrons. The van der Waals surface area contributed by atoms with Gasteiger partial charge in [0.1, 0.15) is 11.7 Å². The van der Waals surface area contributed by atoms with E-state index in [-0.39, 0.29) is 42.2 Å². The number of carbonyl (C=O) groups is 3. The number of urea groups is 1. The molecule has 1 aromatic heterocycles. The van der Waals surface area contributed by atoms with Crippen LogP contribution < -0.4 is 10.6 Å². The van der Waals surface area contributed by atoms with Gasteiger partial charge in [-0.3, -0.25) is 19.8 Å². The average molecular weight is 333 g/mol. The van der Waals surface area contributed by atoms with Crippen LogP contribution in [0.4, 0.5) is 9.93 Å². The van der Waals surface area contributed by atoms with Gasteiger partial charge in [-0.1, -0.05) is 23.5 Å². The number of imide groups is 1. The van der Waals surface area contributed by atoms with E-state index in [0.29, 0.717) is 5.13 Å². The van der Waals surface area contributed by atoms with Crippen LogP contribution >= 0.6 is 11.3 Å². The van der Waals surface area contributed by atoms with E-state index < -0.39 is 6.03 Å². The molecule has 4 atom stereocenters. The topological polar surface area (TPSA) is 104 Å². The Bertz CT molecular complexity index is 700. The summed E-state index contributed by atoms with van der Waals surface area (Å²) in [7, 11) is 0. The third kappa shape index (κ3) is 2.23. The van der Waals surface area contributed by atoms with E-state index in [1.807, 2.05) is 12.2 Å². The number of anilines is 1. The summed E-state index contributed by atoms with van der Waals surface area (Å²) in [5.74, 6) is -0.497. The minimum Gasteiger partial charge on any atom is -0.320 e. The van der Waals surface area contributed by atoms with Crippen LogP contribution in [0.25, 0.3) is 0 Å². The van der Waals surface area contributed by atoms with Gasteiger partial charge in [0, 0.05) is 0 Å².